The maximum absolute atomic E-state index is 12.7. The summed E-state index contributed by atoms with van der Waals surface area (Å²) < 4.78 is 5.80. The number of pyridine rings is 1. The monoisotopic (exact) mass is 381 g/mol. The maximum atomic E-state index is 12.7. The van der Waals surface area contributed by atoms with E-state index in [-0.39, 0.29) is 11.9 Å². The smallest absolute Gasteiger partial charge is 0.251 e. The summed E-state index contributed by atoms with van der Waals surface area (Å²) in [6.07, 6.45) is 4.81. The summed E-state index contributed by atoms with van der Waals surface area (Å²) in [6, 6.07) is 11.3. The van der Waals surface area contributed by atoms with Gasteiger partial charge in [-0.25, -0.2) is 0 Å². The van der Waals surface area contributed by atoms with E-state index < -0.39 is 0 Å². The molecule has 5 heteroatoms. The highest BCUT2D eigenvalue weighted by molar-refractivity contribution is 5.94. The van der Waals surface area contributed by atoms with E-state index in [0.717, 1.165) is 37.0 Å². The van der Waals surface area contributed by atoms with Gasteiger partial charge in [0.1, 0.15) is 12.4 Å². The Bertz CT molecular complexity index is 755. The summed E-state index contributed by atoms with van der Waals surface area (Å²) >= 11 is 0. The highest BCUT2D eigenvalue weighted by Gasteiger charge is 2.23. The third-order valence-electron chi connectivity index (χ3n) is 5.08. The van der Waals surface area contributed by atoms with Crippen molar-refractivity contribution in [3.8, 4) is 5.75 Å². The number of piperidine rings is 1. The summed E-state index contributed by atoms with van der Waals surface area (Å²) in [6.45, 7) is 10.2. The van der Waals surface area contributed by atoms with Crippen LogP contribution >= 0.6 is 0 Å². The molecule has 0 radical (unpaired) electrons. The zero-order valence-electron chi connectivity index (χ0n) is 17.1. The van der Waals surface area contributed by atoms with Gasteiger partial charge in [-0.05, 0) is 49.4 Å². The summed E-state index contributed by atoms with van der Waals surface area (Å²) in [5, 5.41) is 3.13. The minimum Gasteiger partial charge on any atom is -0.489 e. The Morgan fingerprint density at radius 2 is 2.04 bits per heavy atom. The number of nitrogens with one attached hydrogen (secondary N) is 1. The first kappa shape index (κ1) is 20.3. The fraction of sp³-hybridized carbons (Fsp3) is 0.478. The van der Waals surface area contributed by atoms with Crippen molar-refractivity contribution in [2.75, 3.05) is 19.6 Å². The molecule has 150 valence electrons. The number of rotatable bonds is 7. The molecule has 1 saturated heterocycles. The molecule has 1 amide bonds. The summed E-state index contributed by atoms with van der Waals surface area (Å²) in [7, 11) is 0. The van der Waals surface area contributed by atoms with Crippen LogP contribution in [0.25, 0.3) is 0 Å². The molecule has 1 aromatic carbocycles. The molecule has 2 aromatic rings. The Kier molecular flexibility index (Phi) is 7.04. The van der Waals surface area contributed by atoms with Crippen LogP contribution in [0.5, 0.6) is 5.75 Å². The van der Waals surface area contributed by atoms with Crippen LogP contribution in [0.15, 0.2) is 48.8 Å². The fourth-order valence-corrected chi connectivity index (χ4v) is 4.06. The number of nitrogens with zero attached hydrogens (tertiary/aromatic N) is 2. The molecule has 1 aromatic heterocycles. The predicted molar refractivity (Wildman–Crippen MR) is 111 cm³/mol. The number of benzene rings is 1. The van der Waals surface area contributed by atoms with Gasteiger partial charge in [-0.3, -0.25) is 9.78 Å². The first-order chi connectivity index (χ1) is 13.5. The van der Waals surface area contributed by atoms with Gasteiger partial charge < -0.3 is 15.0 Å². The molecule has 5 nitrogen and oxygen atoms in total. The van der Waals surface area contributed by atoms with Crippen molar-refractivity contribution in [2.24, 2.45) is 11.8 Å². The fourth-order valence-electron chi connectivity index (χ4n) is 4.06. The standard InChI is InChI=1S/C23H31N3O2/c1-17-10-18(2)14-26(13-17)15-19(3)25-23(27)21-7-4-8-22(11-21)28-16-20-6-5-9-24-12-20/h4-9,11-12,17-19H,10,13-16H2,1-3H3,(H,25,27). The minimum absolute atomic E-state index is 0.0579. The molecule has 1 aliphatic rings. The van der Waals surface area contributed by atoms with Gasteiger partial charge in [-0.15, -0.1) is 0 Å². The lowest BCUT2D eigenvalue weighted by Crippen LogP contribution is -2.47. The molecule has 1 aliphatic heterocycles. The molecule has 28 heavy (non-hydrogen) atoms. The van der Waals surface area contributed by atoms with Gasteiger partial charge in [-0.2, -0.15) is 0 Å². The van der Waals surface area contributed by atoms with Crippen LogP contribution in [-0.2, 0) is 6.61 Å². The van der Waals surface area contributed by atoms with Crippen molar-refractivity contribution in [2.45, 2.75) is 39.8 Å². The van der Waals surface area contributed by atoms with E-state index in [2.05, 4.69) is 36.0 Å². The highest BCUT2D eigenvalue weighted by Crippen LogP contribution is 2.21. The van der Waals surface area contributed by atoms with Crippen LogP contribution in [0.1, 0.15) is 43.1 Å². The zero-order chi connectivity index (χ0) is 19.9. The topological polar surface area (TPSA) is 54.5 Å². The van der Waals surface area contributed by atoms with Gasteiger partial charge in [-0.1, -0.05) is 26.0 Å². The van der Waals surface area contributed by atoms with E-state index in [1.54, 1.807) is 18.5 Å². The lowest BCUT2D eigenvalue weighted by Gasteiger charge is -2.36. The molecular weight excluding hydrogens is 350 g/mol. The third-order valence-corrected chi connectivity index (χ3v) is 5.08. The van der Waals surface area contributed by atoms with Gasteiger partial charge in [0.2, 0.25) is 0 Å². The number of aromatic nitrogens is 1. The van der Waals surface area contributed by atoms with Crippen molar-refractivity contribution < 1.29 is 9.53 Å². The normalized spacial score (nSPS) is 21.1. The van der Waals surface area contributed by atoms with Crippen molar-refractivity contribution in [3.05, 3.63) is 59.9 Å². The molecular formula is C23H31N3O2. The van der Waals surface area contributed by atoms with Gasteiger partial charge in [0, 0.05) is 49.2 Å². The second-order valence-corrected chi connectivity index (χ2v) is 8.22. The van der Waals surface area contributed by atoms with Crippen LogP contribution in [-0.4, -0.2) is 41.5 Å². The first-order valence-electron chi connectivity index (χ1n) is 10.1. The van der Waals surface area contributed by atoms with E-state index in [1.807, 2.05) is 30.3 Å². The largest absolute Gasteiger partial charge is 0.489 e. The highest BCUT2D eigenvalue weighted by atomic mass is 16.5. The molecule has 2 heterocycles. The van der Waals surface area contributed by atoms with Crippen LogP contribution in [0.2, 0.25) is 0 Å². The Morgan fingerprint density at radius 1 is 1.25 bits per heavy atom. The van der Waals surface area contributed by atoms with Crippen molar-refractivity contribution in [1.29, 1.82) is 0 Å². The number of hydrogen-bond acceptors (Lipinski definition) is 4. The van der Waals surface area contributed by atoms with E-state index in [9.17, 15) is 4.79 Å². The average Bonchev–Trinajstić information content (AvgIpc) is 2.66. The summed E-state index contributed by atoms with van der Waals surface area (Å²) in [5.41, 5.74) is 1.62. The SMILES string of the molecule is CC1CC(C)CN(CC(C)NC(=O)c2cccc(OCc3cccnc3)c2)C1. The molecule has 0 saturated carbocycles. The molecule has 3 atom stereocenters. The van der Waals surface area contributed by atoms with Crippen LogP contribution in [0.3, 0.4) is 0 Å². The predicted octanol–water partition coefficient (Wildman–Crippen LogP) is 3.76. The Balaban J connectivity index is 1.52. The number of amides is 1. The van der Waals surface area contributed by atoms with Gasteiger partial charge in [0.15, 0.2) is 0 Å². The number of likely N-dealkylation sites (tertiary alicyclic amines) is 1. The zero-order valence-corrected chi connectivity index (χ0v) is 17.1. The van der Waals surface area contributed by atoms with Crippen molar-refractivity contribution in [1.82, 2.24) is 15.2 Å². The van der Waals surface area contributed by atoms with Crippen LogP contribution in [0, 0.1) is 11.8 Å². The molecule has 1 N–H and O–H groups in total. The van der Waals surface area contributed by atoms with E-state index in [4.69, 9.17) is 4.74 Å². The summed E-state index contributed by atoms with van der Waals surface area (Å²) in [4.78, 5) is 19.2. The van der Waals surface area contributed by atoms with E-state index in [1.165, 1.54) is 6.42 Å². The molecule has 3 unspecified atom stereocenters. The van der Waals surface area contributed by atoms with Crippen molar-refractivity contribution in [3.63, 3.8) is 0 Å². The van der Waals surface area contributed by atoms with E-state index >= 15 is 0 Å². The Hall–Kier alpha value is -2.40. The molecule has 0 bridgehead atoms. The quantitative estimate of drug-likeness (QED) is 0.793. The first-order valence-corrected chi connectivity index (χ1v) is 10.1. The summed E-state index contributed by atoms with van der Waals surface area (Å²) in [5.74, 6) is 2.07. The Labute approximate surface area is 168 Å². The van der Waals surface area contributed by atoms with Crippen LogP contribution in [0.4, 0.5) is 0 Å². The number of ether oxygens (including phenoxy) is 1. The Morgan fingerprint density at radius 3 is 2.75 bits per heavy atom. The number of carbonyl (C=O) groups excluding carboxylic acids is 1. The minimum atomic E-state index is -0.0579. The lowest BCUT2D eigenvalue weighted by atomic mass is 9.92. The van der Waals surface area contributed by atoms with E-state index in [0.29, 0.717) is 17.9 Å². The third kappa shape index (κ3) is 6.06. The number of carbonyl (C=O) groups is 1. The lowest BCUT2D eigenvalue weighted by molar-refractivity contribution is 0.0904. The second-order valence-electron chi connectivity index (χ2n) is 8.22. The average molecular weight is 382 g/mol. The number of hydrogen-bond donors (Lipinski definition) is 1. The van der Waals surface area contributed by atoms with Gasteiger partial charge in [0.25, 0.3) is 5.91 Å². The molecule has 0 spiro atoms. The molecule has 0 aliphatic carbocycles. The van der Waals surface area contributed by atoms with Gasteiger partial charge in [0.05, 0.1) is 0 Å². The van der Waals surface area contributed by atoms with Gasteiger partial charge >= 0.3 is 0 Å². The van der Waals surface area contributed by atoms with Crippen molar-refractivity contribution >= 4 is 5.91 Å². The molecule has 1 fully saturated rings. The maximum Gasteiger partial charge on any atom is 0.251 e. The second kappa shape index (κ2) is 9.69. The molecule has 3 rings (SSSR count). The van der Waals surface area contributed by atoms with Crippen LogP contribution < -0.4 is 10.1 Å².